The summed E-state index contributed by atoms with van der Waals surface area (Å²) in [7, 11) is 1.87. The van der Waals surface area contributed by atoms with Crippen LogP contribution in [0, 0.1) is 0 Å². The number of aryl methyl sites for hydroxylation is 2. The second kappa shape index (κ2) is 6.82. The molecule has 1 spiro atoms. The minimum atomic E-state index is -0.693. The van der Waals surface area contributed by atoms with Gasteiger partial charge in [-0.1, -0.05) is 0 Å². The van der Waals surface area contributed by atoms with E-state index in [9.17, 15) is 9.90 Å². The van der Waals surface area contributed by atoms with E-state index in [4.69, 9.17) is 4.74 Å². The molecular formula is C17H28N4O3. The average molecular weight is 336 g/mol. The highest BCUT2D eigenvalue weighted by molar-refractivity contribution is 5.77. The average Bonchev–Trinajstić information content (AvgIpc) is 2.97. The van der Waals surface area contributed by atoms with Crippen molar-refractivity contribution in [3.05, 3.63) is 18.0 Å². The van der Waals surface area contributed by atoms with Crippen molar-refractivity contribution in [2.45, 2.75) is 56.3 Å². The summed E-state index contributed by atoms with van der Waals surface area (Å²) < 4.78 is 7.76. The van der Waals surface area contributed by atoms with Gasteiger partial charge < -0.3 is 20.5 Å². The molecule has 3 rings (SSSR count). The van der Waals surface area contributed by atoms with Crippen molar-refractivity contribution in [2.24, 2.45) is 7.05 Å². The van der Waals surface area contributed by atoms with Crippen LogP contribution in [0.25, 0.3) is 0 Å². The van der Waals surface area contributed by atoms with Gasteiger partial charge in [-0.2, -0.15) is 5.10 Å². The maximum absolute atomic E-state index is 12.4. The van der Waals surface area contributed by atoms with Crippen molar-refractivity contribution >= 4 is 5.91 Å². The molecule has 2 fully saturated rings. The molecule has 3 heterocycles. The number of carbonyl (C=O) groups excluding carboxylic acids is 1. The Hall–Kier alpha value is -1.44. The van der Waals surface area contributed by atoms with Crippen LogP contribution in [-0.2, 0) is 23.0 Å². The molecule has 1 aromatic rings. The van der Waals surface area contributed by atoms with Crippen molar-refractivity contribution in [1.82, 2.24) is 20.4 Å². The number of aromatic nitrogens is 2. The molecule has 0 bridgehead atoms. The molecule has 2 aliphatic rings. The van der Waals surface area contributed by atoms with Gasteiger partial charge in [0.1, 0.15) is 6.10 Å². The first-order valence-corrected chi connectivity index (χ1v) is 8.76. The van der Waals surface area contributed by atoms with E-state index in [1.165, 1.54) is 0 Å². The molecule has 0 radical (unpaired) electrons. The highest BCUT2D eigenvalue weighted by Crippen LogP contribution is 2.38. The number of ether oxygens (including phenoxy) is 1. The number of hydrogen-bond acceptors (Lipinski definition) is 5. The molecule has 0 aromatic carbocycles. The standard InChI is InChI=1S/C17H28N4O3/c1-16(20-14(22)4-3-13-5-9-19-21(13)2)8-12-24-17(15(16)23)6-10-18-11-7-17/h5,9,15,18,23H,3-4,6-8,10-12H2,1-2H3,(H,20,22)/t15-,16+/m0/s1. The molecule has 3 N–H and O–H groups in total. The van der Waals surface area contributed by atoms with Gasteiger partial charge in [0.15, 0.2) is 0 Å². The van der Waals surface area contributed by atoms with Gasteiger partial charge in [-0.3, -0.25) is 9.48 Å². The second-order valence-corrected chi connectivity index (χ2v) is 7.23. The summed E-state index contributed by atoms with van der Waals surface area (Å²) in [6.07, 6.45) is 4.24. The van der Waals surface area contributed by atoms with Crippen LogP contribution in [0.2, 0.25) is 0 Å². The Bertz CT molecular complexity index is 577. The van der Waals surface area contributed by atoms with Crippen molar-refractivity contribution in [2.75, 3.05) is 19.7 Å². The number of rotatable bonds is 4. The van der Waals surface area contributed by atoms with Crippen LogP contribution in [0.1, 0.15) is 38.3 Å². The number of nitrogens with one attached hydrogen (secondary N) is 2. The highest BCUT2D eigenvalue weighted by Gasteiger charge is 2.52. The Kier molecular flexibility index (Phi) is 4.94. The first kappa shape index (κ1) is 17.4. The van der Waals surface area contributed by atoms with Crippen LogP contribution in [0.4, 0.5) is 0 Å². The molecule has 2 saturated heterocycles. The number of aliphatic hydroxyl groups excluding tert-OH is 1. The van der Waals surface area contributed by atoms with Crippen molar-refractivity contribution in [3.63, 3.8) is 0 Å². The molecule has 1 aromatic heterocycles. The Morgan fingerprint density at radius 1 is 1.50 bits per heavy atom. The largest absolute Gasteiger partial charge is 0.388 e. The smallest absolute Gasteiger partial charge is 0.220 e. The molecule has 2 atom stereocenters. The fraction of sp³-hybridized carbons (Fsp3) is 0.765. The lowest BCUT2D eigenvalue weighted by molar-refractivity contribution is -0.200. The molecule has 0 unspecified atom stereocenters. The van der Waals surface area contributed by atoms with E-state index in [1.807, 2.05) is 20.0 Å². The zero-order valence-corrected chi connectivity index (χ0v) is 14.5. The van der Waals surface area contributed by atoms with E-state index in [0.717, 1.165) is 31.6 Å². The zero-order valence-electron chi connectivity index (χ0n) is 14.5. The van der Waals surface area contributed by atoms with Gasteiger partial charge in [0.2, 0.25) is 5.91 Å². The van der Waals surface area contributed by atoms with E-state index in [1.54, 1.807) is 10.9 Å². The monoisotopic (exact) mass is 336 g/mol. The van der Waals surface area contributed by atoms with Crippen LogP contribution >= 0.6 is 0 Å². The minimum Gasteiger partial charge on any atom is -0.388 e. The Balaban J connectivity index is 1.61. The first-order chi connectivity index (χ1) is 11.5. The second-order valence-electron chi connectivity index (χ2n) is 7.23. The molecular weight excluding hydrogens is 308 g/mol. The molecule has 7 nitrogen and oxygen atoms in total. The first-order valence-electron chi connectivity index (χ1n) is 8.76. The highest BCUT2D eigenvalue weighted by atomic mass is 16.5. The zero-order chi connectivity index (χ0) is 17.2. The maximum Gasteiger partial charge on any atom is 0.220 e. The Labute approximate surface area is 142 Å². The SMILES string of the molecule is Cn1nccc1CCC(=O)N[C@]1(C)CCOC2(CCNCC2)[C@H]1O. The van der Waals surface area contributed by atoms with E-state index in [0.29, 0.717) is 25.9 Å². The molecule has 2 aliphatic heterocycles. The fourth-order valence-electron chi connectivity index (χ4n) is 3.93. The van der Waals surface area contributed by atoms with E-state index < -0.39 is 17.2 Å². The van der Waals surface area contributed by atoms with E-state index >= 15 is 0 Å². The third-order valence-electron chi connectivity index (χ3n) is 5.52. The van der Waals surface area contributed by atoms with Gasteiger partial charge in [0.05, 0.1) is 11.1 Å². The number of piperidine rings is 1. The van der Waals surface area contributed by atoms with Gasteiger partial charge >= 0.3 is 0 Å². The van der Waals surface area contributed by atoms with Crippen LogP contribution in [0.3, 0.4) is 0 Å². The third kappa shape index (κ3) is 3.34. The molecule has 7 heteroatoms. The number of amides is 1. The summed E-state index contributed by atoms with van der Waals surface area (Å²) >= 11 is 0. The van der Waals surface area contributed by atoms with Gasteiger partial charge in [0.25, 0.3) is 0 Å². The van der Waals surface area contributed by atoms with Crippen molar-refractivity contribution in [3.8, 4) is 0 Å². The summed E-state index contributed by atoms with van der Waals surface area (Å²) in [5, 5.41) is 21.5. The normalized spacial score (nSPS) is 29.5. The minimum absolute atomic E-state index is 0.0382. The number of carbonyl (C=O) groups is 1. The predicted octanol–water partition coefficient (Wildman–Crippen LogP) is 0.131. The number of aliphatic hydroxyl groups is 1. The summed E-state index contributed by atoms with van der Waals surface area (Å²) in [5.41, 5.74) is -0.148. The van der Waals surface area contributed by atoms with E-state index in [-0.39, 0.29) is 5.91 Å². The Morgan fingerprint density at radius 2 is 2.25 bits per heavy atom. The van der Waals surface area contributed by atoms with Crippen LogP contribution in [-0.4, -0.2) is 57.7 Å². The molecule has 1 amide bonds. The Morgan fingerprint density at radius 3 is 2.92 bits per heavy atom. The fourth-order valence-corrected chi connectivity index (χ4v) is 3.93. The van der Waals surface area contributed by atoms with Crippen LogP contribution in [0.5, 0.6) is 0 Å². The molecule has 24 heavy (non-hydrogen) atoms. The van der Waals surface area contributed by atoms with Crippen LogP contribution in [0.15, 0.2) is 12.3 Å². The summed E-state index contributed by atoms with van der Waals surface area (Å²) in [6.45, 7) is 4.17. The number of hydrogen-bond donors (Lipinski definition) is 3. The topological polar surface area (TPSA) is 88.4 Å². The van der Waals surface area contributed by atoms with Gasteiger partial charge in [-0.05, 0) is 51.8 Å². The maximum atomic E-state index is 12.4. The molecule has 0 aliphatic carbocycles. The van der Waals surface area contributed by atoms with Crippen LogP contribution < -0.4 is 10.6 Å². The lowest BCUT2D eigenvalue weighted by Crippen LogP contribution is -2.69. The summed E-state index contributed by atoms with van der Waals surface area (Å²) in [6, 6.07) is 1.92. The number of nitrogens with zero attached hydrogens (tertiary/aromatic N) is 2. The third-order valence-corrected chi connectivity index (χ3v) is 5.52. The molecule has 134 valence electrons. The van der Waals surface area contributed by atoms with Gasteiger partial charge in [-0.25, -0.2) is 0 Å². The molecule has 0 saturated carbocycles. The van der Waals surface area contributed by atoms with Gasteiger partial charge in [-0.15, -0.1) is 0 Å². The van der Waals surface area contributed by atoms with E-state index in [2.05, 4.69) is 15.7 Å². The van der Waals surface area contributed by atoms with Crippen molar-refractivity contribution in [1.29, 1.82) is 0 Å². The van der Waals surface area contributed by atoms with Crippen molar-refractivity contribution < 1.29 is 14.6 Å². The lowest BCUT2D eigenvalue weighted by atomic mass is 9.73. The van der Waals surface area contributed by atoms with Gasteiger partial charge in [0, 0.05) is 32.0 Å². The lowest BCUT2D eigenvalue weighted by Gasteiger charge is -2.52. The summed E-state index contributed by atoms with van der Waals surface area (Å²) in [4.78, 5) is 12.4. The predicted molar refractivity (Wildman–Crippen MR) is 89.5 cm³/mol. The summed E-state index contributed by atoms with van der Waals surface area (Å²) in [5.74, 6) is -0.0382. The quantitative estimate of drug-likeness (QED) is 0.727.